The highest BCUT2D eigenvalue weighted by molar-refractivity contribution is 5.23. The van der Waals surface area contributed by atoms with Crippen molar-refractivity contribution in [2.75, 3.05) is 6.54 Å². The summed E-state index contributed by atoms with van der Waals surface area (Å²) in [7, 11) is 0. The van der Waals surface area contributed by atoms with Gasteiger partial charge in [0.2, 0.25) is 0 Å². The molecular weight excluding hydrogens is 158 g/mol. The Hall–Kier alpha value is -0.820. The number of benzene rings is 1. The average molecular weight is 175 g/mol. The SMILES string of the molecule is Cc1cccc(CC2CC2CN)c1. The Labute approximate surface area is 80.0 Å². The van der Waals surface area contributed by atoms with Gasteiger partial charge in [0, 0.05) is 0 Å². The van der Waals surface area contributed by atoms with Crippen LogP contribution < -0.4 is 5.73 Å². The van der Waals surface area contributed by atoms with Crippen molar-refractivity contribution >= 4 is 0 Å². The molecule has 0 bridgehead atoms. The Morgan fingerprint density at radius 1 is 1.38 bits per heavy atom. The Kier molecular flexibility index (Phi) is 2.36. The van der Waals surface area contributed by atoms with Gasteiger partial charge in [0.25, 0.3) is 0 Å². The van der Waals surface area contributed by atoms with Gasteiger partial charge in [0.15, 0.2) is 0 Å². The van der Waals surface area contributed by atoms with Crippen LogP contribution in [0.4, 0.5) is 0 Å². The van der Waals surface area contributed by atoms with Gasteiger partial charge in [0.05, 0.1) is 0 Å². The number of hydrogen-bond donors (Lipinski definition) is 1. The van der Waals surface area contributed by atoms with Gasteiger partial charge in [0.1, 0.15) is 0 Å². The summed E-state index contributed by atoms with van der Waals surface area (Å²) in [5.74, 6) is 1.67. The second kappa shape index (κ2) is 3.51. The third-order valence-electron chi connectivity index (χ3n) is 2.95. The highest BCUT2D eigenvalue weighted by Crippen LogP contribution is 2.39. The summed E-state index contributed by atoms with van der Waals surface area (Å²) < 4.78 is 0. The minimum absolute atomic E-state index is 0.806. The Balaban J connectivity index is 1.95. The normalized spacial score (nSPS) is 26.0. The average Bonchev–Trinajstić information content (AvgIpc) is 2.83. The molecule has 0 spiro atoms. The van der Waals surface area contributed by atoms with Crippen molar-refractivity contribution in [1.29, 1.82) is 0 Å². The van der Waals surface area contributed by atoms with E-state index in [1.165, 1.54) is 24.0 Å². The first-order chi connectivity index (χ1) is 6.29. The van der Waals surface area contributed by atoms with Crippen LogP contribution >= 0.6 is 0 Å². The van der Waals surface area contributed by atoms with Gasteiger partial charge >= 0.3 is 0 Å². The second-order valence-electron chi connectivity index (χ2n) is 4.18. The highest BCUT2D eigenvalue weighted by atomic mass is 14.6. The van der Waals surface area contributed by atoms with Crippen molar-refractivity contribution in [1.82, 2.24) is 0 Å². The van der Waals surface area contributed by atoms with E-state index in [0.29, 0.717) is 0 Å². The van der Waals surface area contributed by atoms with Gasteiger partial charge < -0.3 is 5.73 Å². The van der Waals surface area contributed by atoms with E-state index in [0.717, 1.165) is 18.4 Å². The van der Waals surface area contributed by atoms with Crippen molar-refractivity contribution in [3.63, 3.8) is 0 Å². The summed E-state index contributed by atoms with van der Waals surface area (Å²) >= 11 is 0. The van der Waals surface area contributed by atoms with E-state index in [1.54, 1.807) is 0 Å². The van der Waals surface area contributed by atoms with Crippen molar-refractivity contribution in [2.24, 2.45) is 17.6 Å². The molecule has 2 rings (SSSR count). The van der Waals surface area contributed by atoms with Gasteiger partial charge in [-0.2, -0.15) is 0 Å². The first-order valence-corrected chi connectivity index (χ1v) is 5.05. The number of nitrogens with two attached hydrogens (primary N) is 1. The number of rotatable bonds is 3. The summed E-state index contributed by atoms with van der Waals surface area (Å²) in [6.45, 7) is 3.02. The molecule has 2 N–H and O–H groups in total. The maximum absolute atomic E-state index is 5.61. The van der Waals surface area contributed by atoms with Crippen LogP contribution in [-0.4, -0.2) is 6.54 Å². The molecule has 0 heterocycles. The first-order valence-electron chi connectivity index (χ1n) is 5.05. The monoisotopic (exact) mass is 175 g/mol. The molecule has 2 atom stereocenters. The third kappa shape index (κ3) is 2.10. The summed E-state index contributed by atoms with van der Waals surface area (Å²) in [5.41, 5.74) is 8.44. The predicted molar refractivity (Wildman–Crippen MR) is 55.5 cm³/mol. The van der Waals surface area contributed by atoms with Gasteiger partial charge in [-0.1, -0.05) is 29.8 Å². The van der Waals surface area contributed by atoms with Crippen molar-refractivity contribution in [3.8, 4) is 0 Å². The van der Waals surface area contributed by atoms with Crippen LogP contribution in [0, 0.1) is 18.8 Å². The van der Waals surface area contributed by atoms with Crippen molar-refractivity contribution < 1.29 is 0 Å². The molecule has 1 nitrogen and oxygen atoms in total. The molecule has 0 aromatic heterocycles. The standard InChI is InChI=1S/C12H17N/c1-9-3-2-4-10(5-9)6-11-7-12(11)8-13/h2-5,11-12H,6-8,13H2,1H3. The predicted octanol–water partition coefficient (Wildman–Crippen LogP) is 2.13. The Morgan fingerprint density at radius 3 is 2.85 bits per heavy atom. The lowest BCUT2D eigenvalue weighted by Gasteiger charge is -2.01. The van der Waals surface area contributed by atoms with Crippen molar-refractivity contribution in [2.45, 2.75) is 19.8 Å². The molecule has 2 unspecified atom stereocenters. The molecule has 0 amide bonds. The lowest BCUT2D eigenvalue weighted by molar-refractivity contribution is 0.704. The van der Waals surface area contributed by atoms with Gasteiger partial charge in [-0.3, -0.25) is 0 Å². The lowest BCUT2D eigenvalue weighted by Crippen LogP contribution is -2.03. The first kappa shape index (κ1) is 8.76. The highest BCUT2D eigenvalue weighted by Gasteiger charge is 2.35. The number of hydrogen-bond acceptors (Lipinski definition) is 1. The van der Waals surface area contributed by atoms with Gasteiger partial charge in [-0.25, -0.2) is 0 Å². The third-order valence-corrected chi connectivity index (χ3v) is 2.95. The number of aryl methyl sites for hydroxylation is 1. The minimum atomic E-state index is 0.806. The van der Waals surface area contributed by atoms with E-state index in [-0.39, 0.29) is 0 Å². The van der Waals surface area contributed by atoms with Gasteiger partial charge in [-0.15, -0.1) is 0 Å². The quantitative estimate of drug-likeness (QED) is 0.748. The summed E-state index contributed by atoms with van der Waals surface area (Å²) in [4.78, 5) is 0. The maximum Gasteiger partial charge on any atom is -0.00460 e. The fraction of sp³-hybridized carbons (Fsp3) is 0.500. The van der Waals surface area contributed by atoms with E-state index in [4.69, 9.17) is 5.73 Å². The van der Waals surface area contributed by atoms with Crippen molar-refractivity contribution in [3.05, 3.63) is 35.4 Å². The van der Waals surface area contributed by atoms with E-state index in [9.17, 15) is 0 Å². The van der Waals surface area contributed by atoms with Crippen LogP contribution in [0.5, 0.6) is 0 Å². The van der Waals surface area contributed by atoms with Crippen LogP contribution in [0.1, 0.15) is 17.5 Å². The molecule has 0 saturated heterocycles. The van der Waals surface area contributed by atoms with E-state index in [2.05, 4.69) is 31.2 Å². The molecule has 70 valence electrons. The molecule has 1 aliphatic rings. The molecule has 1 fully saturated rings. The fourth-order valence-corrected chi connectivity index (χ4v) is 1.99. The molecule has 0 radical (unpaired) electrons. The Bertz CT molecular complexity index is 293. The Morgan fingerprint density at radius 2 is 2.23 bits per heavy atom. The molecule has 1 aromatic carbocycles. The van der Waals surface area contributed by atoms with E-state index in [1.807, 2.05) is 0 Å². The summed E-state index contributed by atoms with van der Waals surface area (Å²) in [6.07, 6.45) is 2.56. The smallest absolute Gasteiger partial charge is 0.00460 e. The van der Waals surface area contributed by atoms with Crippen LogP contribution in [0.25, 0.3) is 0 Å². The fourth-order valence-electron chi connectivity index (χ4n) is 1.99. The van der Waals surface area contributed by atoms with Gasteiger partial charge in [-0.05, 0) is 43.7 Å². The molecule has 0 aliphatic heterocycles. The minimum Gasteiger partial charge on any atom is -0.330 e. The van der Waals surface area contributed by atoms with E-state index < -0.39 is 0 Å². The molecule has 1 saturated carbocycles. The molecule has 13 heavy (non-hydrogen) atoms. The van der Waals surface area contributed by atoms with Crippen LogP contribution in [0.15, 0.2) is 24.3 Å². The largest absolute Gasteiger partial charge is 0.330 e. The molecular formula is C12H17N. The van der Waals surface area contributed by atoms with Crippen LogP contribution in [0.3, 0.4) is 0 Å². The topological polar surface area (TPSA) is 26.0 Å². The molecule has 1 aromatic rings. The van der Waals surface area contributed by atoms with Crippen LogP contribution in [-0.2, 0) is 6.42 Å². The zero-order valence-corrected chi connectivity index (χ0v) is 8.16. The molecule has 1 heteroatoms. The summed E-state index contributed by atoms with van der Waals surface area (Å²) in [6, 6.07) is 8.80. The summed E-state index contributed by atoms with van der Waals surface area (Å²) in [5, 5.41) is 0. The van der Waals surface area contributed by atoms with E-state index >= 15 is 0 Å². The molecule has 1 aliphatic carbocycles. The maximum atomic E-state index is 5.61. The zero-order valence-electron chi connectivity index (χ0n) is 8.16. The second-order valence-corrected chi connectivity index (χ2v) is 4.18. The lowest BCUT2D eigenvalue weighted by atomic mass is 10.1. The zero-order chi connectivity index (χ0) is 9.26. The van der Waals surface area contributed by atoms with Crippen LogP contribution in [0.2, 0.25) is 0 Å².